The van der Waals surface area contributed by atoms with Gasteiger partial charge in [0.2, 0.25) is 0 Å². The lowest BCUT2D eigenvalue weighted by atomic mass is 10.1. The van der Waals surface area contributed by atoms with Crippen LogP contribution in [-0.4, -0.2) is 19.1 Å². The Bertz CT molecular complexity index is 560. The minimum atomic E-state index is 0.569. The minimum Gasteiger partial charge on any atom is -0.383 e. The smallest absolute Gasteiger partial charge is 0.133 e. The van der Waals surface area contributed by atoms with Crippen molar-refractivity contribution in [3.05, 3.63) is 18.3 Å². The van der Waals surface area contributed by atoms with Crippen molar-refractivity contribution in [2.24, 2.45) is 14.1 Å². The molecule has 1 aliphatic carbocycles. The second-order valence-electron chi connectivity index (χ2n) is 5.13. The number of imidazole rings is 2. The second-order valence-corrected chi connectivity index (χ2v) is 5.13. The fourth-order valence-electron chi connectivity index (χ4n) is 2.85. The Kier molecular flexibility index (Phi) is 2.61. The Morgan fingerprint density at radius 1 is 1.28 bits per heavy atom. The van der Waals surface area contributed by atoms with Crippen molar-refractivity contribution in [1.82, 2.24) is 19.1 Å². The van der Waals surface area contributed by atoms with Gasteiger partial charge in [-0.25, -0.2) is 9.97 Å². The number of hydrogen-bond acceptors (Lipinski definition) is 3. The Morgan fingerprint density at radius 2 is 2.00 bits per heavy atom. The fourth-order valence-corrected chi connectivity index (χ4v) is 2.85. The first kappa shape index (κ1) is 11.3. The van der Waals surface area contributed by atoms with E-state index in [2.05, 4.69) is 4.98 Å². The highest BCUT2D eigenvalue weighted by molar-refractivity contribution is 5.68. The topological polar surface area (TPSA) is 61.7 Å². The number of nitrogens with two attached hydrogens (primary N) is 1. The van der Waals surface area contributed by atoms with E-state index in [-0.39, 0.29) is 0 Å². The van der Waals surface area contributed by atoms with Crippen molar-refractivity contribution in [2.45, 2.75) is 31.6 Å². The van der Waals surface area contributed by atoms with Crippen molar-refractivity contribution >= 4 is 5.82 Å². The first-order valence-electron chi connectivity index (χ1n) is 6.47. The second kappa shape index (κ2) is 4.15. The number of nitrogens with zero attached hydrogens (tertiary/aromatic N) is 4. The monoisotopic (exact) mass is 245 g/mol. The molecular formula is C13H19N5. The molecule has 2 N–H and O–H groups in total. The van der Waals surface area contributed by atoms with E-state index in [4.69, 9.17) is 10.7 Å². The van der Waals surface area contributed by atoms with Crippen LogP contribution in [0.4, 0.5) is 5.82 Å². The van der Waals surface area contributed by atoms with Gasteiger partial charge in [-0.15, -0.1) is 0 Å². The quantitative estimate of drug-likeness (QED) is 0.881. The van der Waals surface area contributed by atoms with E-state index in [1.165, 1.54) is 25.7 Å². The van der Waals surface area contributed by atoms with Crippen molar-refractivity contribution in [3.63, 3.8) is 0 Å². The van der Waals surface area contributed by atoms with Gasteiger partial charge in [-0.2, -0.15) is 0 Å². The normalized spacial score (nSPS) is 16.6. The van der Waals surface area contributed by atoms with Crippen LogP contribution in [0.25, 0.3) is 11.4 Å². The van der Waals surface area contributed by atoms with Crippen molar-refractivity contribution in [2.75, 3.05) is 5.73 Å². The van der Waals surface area contributed by atoms with E-state index in [0.29, 0.717) is 5.92 Å². The van der Waals surface area contributed by atoms with Crippen LogP contribution in [0.2, 0.25) is 0 Å². The van der Waals surface area contributed by atoms with Crippen LogP contribution in [0.15, 0.2) is 12.5 Å². The lowest BCUT2D eigenvalue weighted by Crippen LogP contribution is -2.05. The SMILES string of the molecule is Cn1cncc1-c1nc(C2CCCC2)n(C)c1N. The lowest BCUT2D eigenvalue weighted by molar-refractivity contribution is 0.635. The van der Waals surface area contributed by atoms with Crippen LogP contribution in [-0.2, 0) is 14.1 Å². The maximum Gasteiger partial charge on any atom is 0.133 e. The molecule has 1 saturated carbocycles. The molecule has 5 nitrogen and oxygen atoms in total. The van der Waals surface area contributed by atoms with Gasteiger partial charge in [0.1, 0.15) is 17.3 Å². The number of anilines is 1. The van der Waals surface area contributed by atoms with Crippen LogP contribution in [0.3, 0.4) is 0 Å². The molecule has 0 aliphatic heterocycles. The molecule has 2 aromatic rings. The van der Waals surface area contributed by atoms with Crippen LogP contribution in [0.5, 0.6) is 0 Å². The number of nitrogen functional groups attached to an aromatic ring is 1. The maximum absolute atomic E-state index is 6.19. The molecule has 96 valence electrons. The molecule has 5 heteroatoms. The summed E-state index contributed by atoms with van der Waals surface area (Å²) in [5, 5.41) is 0. The molecular weight excluding hydrogens is 226 g/mol. The summed E-state index contributed by atoms with van der Waals surface area (Å²) in [6.07, 6.45) is 8.66. The molecule has 0 atom stereocenters. The summed E-state index contributed by atoms with van der Waals surface area (Å²) in [4.78, 5) is 8.91. The van der Waals surface area contributed by atoms with Gasteiger partial charge in [-0.1, -0.05) is 12.8 Å². The first-order valence-corrected chi connectivity index (χ1v) is 6.47. The van der Waals surface area contributed by atoms with E-state index in [0.717, 1.165) is 23.0 Å². The van der Waals surface area contributed by atoms with Crippen molar-refractivity contribution in [1.29, 1.82) is 0 Å². The third-order valence-corrected chi connectivity index (χ3v) is 3.95. The van der Waals surface area contributed by atoms with Crippen LogP contribution < -0.4 is 5.73 Å². The van der Waals surface area contributed by atoms with Gasteiger partial charge >= 0.3 is 0 Å². The van der Waals surface area contributed by atoms with E-state index < -0.39 is 0 Å². The fraction of sp³-hybridized carbons (Fsp3) is 0.538. The van der Waals surface area contributed by atoms with Gasteiger partial charge in [0.25, 0.3) is 0 Å². The highest BCUT2D eigenvalue weighted by Crippen LogP contribution is 2.36. The van der Waals surface area contributed by atoms with Gasteiger partial charge in [-0.3, -0.25) is 0 Å². The summed E-state index contributed by atoms with van der Waals surface area (Å²) in [5.41, 5.74) is 8.03. The zero-order chi connectivity index (χ0) is 12.7. The third-order valence-electron chi connectivity index (χ3n) is 3.95. The van der Waals surface area contributed by atoms with Gasteiger partial charge in [0.15, 0.2) is 0 Å². The zero-order valence-electron chi connectivity index (χ0n) is 10.9. The molecule has 0 bridgehead atoms. The zero-order valence-corrected chi connectivity index (χ0v) is 10.9. The summed E-state index contributed by atoms with van der Waals surface area (Å²) in [5.74, 6) is 2.43. The Labute approximate surface area is 107 Å². The molecule has 1 aliphatic rings. The van der Waals surface area contributed by atoms with E-state index in [1.54, 1.807) is 6.33 Å². The Balaban J connectivity index is 2.06. The van der Waals surface area contributed by atoms with E-state index in [9.17, 15) is 0 Å². The highest BCUT2D eigenvalue weighted by atomic mass is 15.1. The average Bonchev–Trinajstić information content (AvgIpc) is 3.04. The van der Waals surface area contributed by atoms with Crippen molar-refractivity contribution in [3.8, 4) is 11.4 Å². The first-order chi connectivity index (χ1) is 8.68. The molecule has 2 aromatic heterocycles. The average molecular weight is 245 g/mol. The molecule has 0 radical (unpaired) electrons. The summed E-state index contributed by atoms with van der Waals surface area (Å²) < 4.78 is 4.00. The molecule has 18 heavy (non-hydrogen) atoms. The molecule has 0 aromatic carbocycles. The largest absolute Gasteiger partial charge is 0.383 e. The molecule has 1 fully saturated rings. The van der Waals surface area contributed by atoms with Crippen LogP contribution in [0.1, 0.15) is 37.4 Å². The molecule has 0 saturated heterocycles. The lowest BCUT2D eigenvalue weighted by Gasteiger charge is -2.08. The number of aromatic nitrogens is 4. The van der Waals surface area contributed by atoms with Crippen molar-refractivity contribution < 1.29 is 0 Å². The van der Waals surface area contributed by atoms with Gasteiger partial charge in [-0.05, 0) is 12.8 Å². The van der Waals surface area contributed by atoms with E-state index >= 15 is 0 Å². The summed E-state index contributed by atoms with van der Waals surface area (Å²) in [6.45, 7) is 0. The Hall–Kier alpha value is -1.78. The molecule has 0 amide bonds. The Morgan fingerprint density at radius 3 is 2.61 bits per heavy atom. The predicted octanol–water partition coefficient (Wildman–Crippen LogP) is 2.06. The highest BCUT2D eigenvalue weighted by Gasteiger charge is 2.25. The molecule has 3 rings (SSSR count). The predicted molar refractivity (Wildman–Crippen MR) is 71.0 cm³/mol. The van der Waals surface area contributed by atoms with Crippen LogP contribution >= 0.6 is 0 Å². The summed E-state index contributed by atoms with van der Waals surface area (Å²) in [7, 11) is 3.97. The summed E-state index contributed by atoms with van der Waals surface area (Å²) in [6, 6.07) is 0. The number of rotatable bonds is 2. The van der Waals surface area contributed by atoms with Gasteiger partial charge in [0.05, 0.1) is 18.2 Å². The molecule has 0 spiro atoms. The standard InChI is InChI=1S/C13H19N5/c1-17-8-15-7-10(17)11-12(14)18(2)13(16-11)9-5-3-4-6-9/h7-9H,3-6,14H2,1-2H3. The van der Waals surface area contributed by atoms with E-state index in [1.807, 2.05) is 29.4 Å². The molecule has 2 heterocycles. The molecule has 0 unspecified atom stereocenters. The van der Waals surface area contributed by atoms with Gasteiger partial charge < -0.3 is 14.9 Å². The number of hydrogen-bond donors (Lipinski definition) is 1. The minimum absolute atomic E-state index is 0.569. The third kappa shape index (κ3) is 1.62. The number of aryl methyl sites for hydroxylation is 1. The maximum atomic E-state index is 6.19. The summed E-state index contributed by atoms with van der Waals surface area (Å²) >= 11 is 0. The van der Waals surface area contributed by atoms with Crippen LogP contribution in [0, 0.1) is 0 Å². The van der Waals surface area contributed by atoms with Gasteiger partial charge in [0, 0.05) is 20.0 Å².